The highest BCUT2D eigenvalue weighted by atomic mass is 28.3. The molecule has 16 heavy (non-hydrogen) atoms. The number of nitrogens with zero attached hydrogens (tertiary/aromatic N) is 2. The second-order valence-electron chi connectivity index (χ2n) is 6.69. The van der Waals surface area contributed by atoms with E-state index in [4.69, 9.17) is 0 Å². The fourth-order valence-electron chi connectivity index (χ4n) is 2.73. The minimum absolute atomic E-state index is 0.462. The van der Waals surface area contributed by atoms with Crippen molar-refractivity contribution in [3.8, 4) is 0 Å². The third-order valence-corrected chi connectivity index (χ3v) is 10.4. The van der Waals surface area contributed by atoms with Crippen molar-refractivity contribution in [1.29, 1.82) is 0 Å². The first kappa shape index (κ1) is 12.4. The molecule has 0 aromatic rings. The molecule has 0 spiro atoms. The average molecular weight is 236 g/mol. The smallest absolute Gasteiger partial charge is 0.308 e. The van der Waals surface area contributed by atoms with E-state index in [0.717, 1.165) is 6.54 Å². The van der Waals surface area contributed by atoms with Crippen molar-refractivity contribution >= 4 is 15.2 Å². The SMILES string of the molecule is CC(C)(C)[Si](C)(C)N1CCN2CC=CCB21. The molecule has 0 atom stereocenters. The molecule has 90 valence electrons. The summed E-state index contributed by atoms with van der Waals surface area (Å²) in [4.78, 5) is 2.64. The Morgan fingerprint density at radius 2 is 1.81 bits per heavy atom. The number of fused-ring (bicyclic) bond motifs is 1. The van der Waals surface area contributed by atoms with Gasteiger partial charge in [-0.1, -0.05) is 46.0 Å². The van der Waals surface area contributed by atoms with Crippen LogP contribution < -0.4 is 0 Å². The van der Waals surface area contributed by atoms with E-state index in [2.05, 4.69) is 55.3 Å². The van der Waals surface area contributed by atoms with Gasteiger partial charge >= 0.3 is 6.98 Å². The molecule has 0 bridgehead atoms. The summed E-state index contributed by atoms with van der Waals surface area (Å²) in [6.45, 7) is 16.7. The van der Waals surface area contributed by atoms with Crippen molar-refractivity contribution in [1.82, 2.24) is 9.29 Å². The zero-order valence-corrected chi connectivity index (χ0v) is 12.5. The van der Waals surface area contributed by atoms with Crippen LogP contribution in [0.4, 0.5) is 0 Å². The molecule has 0 unspecified atom stereocenters. The minimum Gasteiger partial charge on any atom is -0.349 e. The second kappa shape index (κ2) is 4.00. The number of hydrogen-bond acceptors (Lipinski definition) is 2. The van der Waals surface area contributed by atoms with Crippen molar-refractivity contribution in [2.75, 3.05) is 19.6 Å². The summed E-state index contributed by atoms with van der Waals surface area (Å²) in [6.07, 6.45) is 5.92. The highest BCUT2D eigenvalue weighted by Gasteiger charge is 2.49. The molecule has 2 rings (SSSR count). The van der Waals surface area contributed by atoms with Crippen LogP contribution in [-0.2, 0) is 0 Å². The fourth-order valence-corrected chi connectivity index (χ4v) is 5.27. The maximum atomic E-state index is 2.84. The van der Waals surface area contributed by atoms with Gasteiger partial charge < -0.3 is 9.29 Å². The lowest BCUT2D eigenvalue weighted by Crippen LogP contribution is -2.61. The monoisotopic (exact) mass is 236 g/mol. The Balaban J connectivity index is 2.19. The van der Waals surface area contributed by atoms with Gasteiger partial charge in [-0.2, -0.15) is 0 Å². The first-order valence-corrected chi connectivity index (χ1v) is 9.44. The van der Waals surface area contributed by atoms with E-state index in [1.165, 1.54) is 19.4 Å². The molecule has 0 aromatic carbocycles. The van der Waals surface area contributed by atoms with Crippen LogP contribution in [0.1, 0.15) is 20.8 Å². The van der Waals surface area contributed by atoms with Crippen LogP contribution in [0.5, 0.6) is 0 Å². The molecule has 0 saturated carbocycles. The van der Waals surface area contributed by atoms with Crippen molar-refractivity contribution < 1.29 is 0 Å². The van der Waals surface area contributed by atoms with E-state index in [0.29, 0.717) is 12.0 Å². The van der Waals surface area contributed by atoms with Crippen molar-refractivity contribution in [2.45, 2.75) is 45.2 Å². The van der Waals surface area contributed by atoms with Gasteiger partial charge in [-0.15, -0.1) is 0 Å². The first-order valence-electron chi connectivity index (χ1n) is 6.50. The van der Waals surface area contributed by atoms with Gasteiger partial charge in [-0.25, -0.2) is 0 Å². The normalized spacial score (nSPS) is 23.9. The van der Waals surface area contributed by atoms with Crippen LogP contribution in [0.3, 0.4) is 0 Å². The Morgan fingerprint density at radius 1 is 1.12 bits per heavy atom. The van der Waals surface area contributed by atoms with Crippen LogP contribution in [0, 0.1) is 0 Å². The molecule has 1 fully saturated rings. The van der Waals surface area contributed by atoms with Gasteiger partial charge in [0.05, 0.1) is 0 Å². The Kier molecular flexibility index (Phi) is 3.10. The summed E-state index contributed by atoms with van der Waals surface area (Å²) in [5, 5.41) is 0.462. The lowest BCUT2D eigenvalue weighted by atomic mass is 9.70. The molecule has 0 radical (unpaired) electrons. The van der Waals surface area contributed by atoms with Gasteiger partial charge in [0.25, 0.3) is 0 Å². The summed E-state index contributed by atoms with van der Waals surface area (Å²) in [7, 11) is -1.32. The lowest BCUT2D eigenvalue weighted by Gasteiger charge is -2.47. The topological polar surface area (TPSA) is 6.48 Å². The molecular formula is C12H25BN2Si. The third-order valence-electron chi connectivity index (χ3n) is 4.82. The number of rotatable bonds is 1. The highest BCUT2D eigenvalue weighted by Crippen LogP contribution is 2.40. The summed E-state index contributed by atoms with van der Waals surface area (Å²) in [5.41, 5.74) is 0. The molecule has 4 heteroatoms. The van der Waals surface area contributed by atoms with Crippen molar-refractivity contribution in [2.24, 2.45) is 0 Å². The predicted molar refractivity (Wildman–Crippen MR) is 75.2 cm³/mol. The van der Waals surface area contributed by atoms with E-state index in [1.807, 2.05) is 0 Å². The summed E-state index contributed by atoms with van der Waals surface area (Å²) < 4.78 is 2.84. The second-order valence-corrected chi connectivity index (χ2v) is 11.9. The van der Waals surface area contributed by atoms with Crippen LogP contribution >= 0.6 is 0 Å². The lowest BCUT2D eigenvalue weighted by molar-refractivity contribution is 0.519. The van der Waals surface area contributed by atoms with Crippen LogP contribution in [0.15, 0.2) is 12.2 Å². The van der Waals surface area contributed by atoms with E-state index in [-0.39, 0.29) is 0 Å². The third kappa shape index (κ3) is 1.91. The van der Waals surface area contributed by atoms with Gasteiger partial charge in [-0.3, -0.25) is 0 Å². The summed E-state index contributed by atoms with van der Waals surface area (Å²) >= 11 is 0. The van der Waals surface area contributed by atoms with E-state index in [1.54, 1.807) is 0 Å². The molecule has 2 heterocycles. The molecule has 0 aliphatic carbocycles. The fraction of sp³-hybridized carbons (Fsp3) is 0.833. The van der Waals surface area contributed by atoms with Gasteiger partial charge in [0, 0.05) is 13.1 Å². The van der Waals surface area contributed by atoms with Crippen molar-refractivity contribution in [3.05, 3.63) is 12.2 Å². The van der Waals surface area contributed by atoms with E-state index >= 15 is 0 Å². The molecular weight excluding hydrogens is 211 g/mol. The van der Waals surface area contributed by atoms with E-state index < -0.39 is 8.24 Å². The summed E-state index contributed by atoms with van der Waals surface area (Å²) in [5.74, 6) is 0. The largest absolute Gasteiger partial charge is 0.349 e. The maximum absolute atomic E-state index is 2.84. The van der Waals surface area contributed by atoms with Gasteiger partial charge in [0.15, 0.2) is 0 Å². The molecule has 2 nitrogen and oxygen atoms in total. The van der Waals surface area contributed by atoms with Gasteiger partial charge in [0.2, 0.25) is 0 Å². The summed E-state index contributed by atoms with van der Waals surface area (Å²) in [6, 6.07) is 0. The zero-order valence-electron chi connectivity index (χ0n) is 11.5. The van der Waals surface area contributed by atoms with Crippen LogP contribution in [-0.4, -0.2) is 44.1 Å². The molecule has 0 N–H and O–H groups in total. The van der Waals surface area contributed by atoms with Gasteiger partial charge in [0.1, 0.15) is 8.24 Å². The van der Waals surface area contributed by atoms with Gasteiger partial charge in [-0.05, 0) is 17.9 Å². The molecule has 2 aliphatic heterocycles. The number of allylic oxidation sites excluding steroid dienone is 1. The average Bonchev–Trinajstić information content (AvgIpc) is 2.59. The highest BCUT2D eigenvalue weighted by molar-refractivity contribution is 6.85. The molecule has 0 amide bonds. The van der Waals surface area contributed by atoms with Crippen LogP contribution in [0.25, 0.3) is 0 Å². The Hall–Kier alpha value is -0.0582. The molecule has 0 aromatic heterocycles. The quantitative estimate of drug-likeness (QED) is 0.510. The minimum atomic E-state index is -1.32. The Morgan fingerprint density at radius 3 is 2.44 bits per heavy atom. The molecule has 1 saturated heterocycles. The molecule has 2 aliphatic rings. The Bertz CT molecular complexity index is 296. The maximum Gasteiger partial charge on any atom is 0.308 e. The van der Waals surface area contributed by atoms with Crippen LogP contribution in [0.2, 0.25) is 24.5 Å². The van der Waals surface area contributed by atoms with E-state index in [9.17, 15) is 0 Å². The zero-order chi connectivity index (χ0) is 12.0. The predicted octanol–water partition coefficient (Wildman–Crippen LogP) is 2.67. The first-order chi connectivity index (χ1) is 7.34. The standard InChI is InChI=1S/C12H25BN2Si/c1-12(2,3)16(4,5)15-11-10-14-9-7-6-8-13(14)15/h6-7H,8-11H2,1-5H3. The number of hydrogen-bond donors (Lipinski definition) is 0. The Labute approximate surface area is 102 Å². The van der Waals surface area contributed by atoms with Crippen molar-refractivity contribution in [3.63, 3.8) is 0 Å².